The van der Waals surface area contributed by atoms with Crippen LogP contribution < -0.4 is 5.32 Å². The van der Waals surface area contributed by atoms with Crippen LogP contribution in [0.2, 0.25) is 0 Å². The Morgan fingerprint density at radius 1 is 1.32 bits per heavy atom. The first kappa shape index (κ1) is 15.0. The topological polar surface area (TPSA) is 58.1 Å². The summed E-state index contributed by atoms with van der Waals surface area (Å²) in [4.78, 5) is 14.3. The summed E-state index contributed by atoms with van der Waals surface area (Å²) >= 11 is 1.49. The van der Waals surface area contributed by atoms with Crippen molar-refractivity contribution in [2.24, 2.45) is 0 Å². The molecule has 0 unspecified atom stereocenters. The summed E-state index contributed by atoms with van der Waals surface area (Å²) in [6, 6.07) is 9.92. The van der Waals surface area contributed by atoms with Gasteiger partial charge in [-0.1, -0.05) is 48.6 Å². The van der Waals surface area contributed by atoms with Crippen molar-refractivity contribution in [2.45, 2.75) is 38.6 Å². The van der Waals surface area contributed by atoms with Crippen LogP contribution >= 0.6 is 11.3 Å². The highest BCUT2D eigenvalue weighted by Crippen LogP contribution is 2.42. The quantitative estimate of drug-likeness (QED) is 0.880. The highest BCUT2D eigenvalue weighted by molar-refractivity contribution is 7.15. The molecule has 1 saturated carbocycles. The van der Waals surface area contributed by atoms with Gasteiger partial charge in [-0.25, -0.2) is 4.79 Å². The number of carbonyl (C=O) groups excluding carboxylic acids is 1. The van der Waals surface area contributed by atoms with Gasteiger partial charge in [0, 0.05) is 19.0 Å². The average Bonchev–Trinajstić information content (AvgIpc) is 3.28. The molecule has 2 amide bonds. The summed E-state index contributed by atoms with van der Waals surface area (Å²) < 4.78 is 0. The molecule has 1 aromatic carbocycles. The third-order valence-electron chi connectivity index (χ3n) is 3.58. The number of benzene rings is 1. The lowest BCUT2D eigenvalue weighted by Crippen LogP contribution is -2.35. The lowest BCUT2D eigenvalue weighted by atomic mass is 10.2. The molecule has 5 nitrogen and oxygen atoms in total. The number of anilines is 1. The third-order valence-corrected chi connectivity index (χ3v) is 4.58. The first-order valence-corrected chi connectivity index (χ1v) is 8.51. The van der Waals surface area contributed by atoms with Crippen molar-refractivity contribution in [3.8, 4) is 0 Å². The van der Waals surface area contributed by atoms with Gasteiger partial charge in [0.25, 0.3) is 0 Å². The summed E-state index contributed by atoms with van der Waals surface area (Å²) in [5, 5.41) is 12.8. The van der Waals surface area contributed by atoms with Crippen molar-refractivity contribution in [3.63, 3.8) is 0 Å². The number of nitrogens with zero attached hydrogens (tertiary/aromatic N) is 3. The van der Waals surface area contributed by atoms with Crippen LogP contribution in [0, 0.1) is 0 Å². The minimum atomic E-state index is -0.107. The minimum absolute atomic E-state index is 0.107. The molecular formula is C16H20N4OS. The van der Waals surface area contributed by atoms with Gasteiger partial charge in [-0.3, -0.25) is 5.32 Å². The Morgan fingerprint density at radius 3 is 2.77 bits per heavy atom. The van der Waals surface area contributed by atoms with Crippen LogP contribution in [0.25, 0.3) is 0 Å². The molecule has 3 rings (SSSR count). The lowest BCUT2D eigenvalue weighted by molar-refractivity contribution is 0.209. The lowest BCUT2D eigenvalue weighted by Gasteiger charge is -2.21. The molecule has 0 saturated heterocycles. The van der Waals surface area contributed by atoms with E-state index in [0.29, 0.717) is 17.6 Å². The molecule has 1 fully saturated rings. The maximum Gasteiger partial charge on any atom is 0.323 e. The number of carbonyl (C=O) groups is 1. The largest absolute Gasteiger partial charge is 0.323 e. The molecule has 22 heavy (non-hydrogen) atoms. The van der Waals surface area contributed by atoms with E-state index in [1.807, 2.05) is 35.2 Å². The van der Waals surface area contributed by atoms with Gasteiger partial charge in [-0.2, -0.15) is 0 Å². The maximum atomic E-state index is 12.5. The number of amides is 2. The Balaban J connectivity index is 1.63. The molecular weight excluding hydrogens is 296 g/mol. The molecule has 1 N–H and O–H groups in total. The van der Waals surface area contributed by atoms with Gasteiger partial charge in [0.05, 0.1) is 0 Å². The number of aromatic nitrogens is 2. The molecule has 6 heteroatoms. The van der Waals surface area contributed by atoms with Gasteiger partial charge in [-0.15, -0.1) is 10.2 Å². The second-order valence-corrected chi connectivity index (χ2v) is 6.57. The first-order valence-electron chi connectivity index (χ1n) is 7.69. The van der Waals surface area contributed by atoms with Gasteiger partial charge < -0.3 is 4.90 Å². The van der Waals surface area contributed by atoms with Crippen LogP contribution in [0.5, 0.6) is 0 Å². The zero-order valence-corrected chi connectivity index (χ0v) is 13.5. The van der Waals surface area contributed by atoms with E-state index in [9.17, 15) is 4.79 Å². The number of hydrogen-bond donors (Lipinski definition) is 1. The molecule has 1 aliphatic rings. The molecule has 1 heterocycles. The normalized spacial score (nSPS) is 13.9. The predicted molar refractivity (Wildman–Crippen MR) is 88.0 cm³/mol. The van der Waals surface area contributed by atoms with Crippen LogP contribution in [-0.2, 0) is 6.54 Å². The van der Waals surface area contributed by atoms with E-state index in [1.165, 1.54) is 24.2 Å². The third kappa shape index (κ3) is 3.82. The van der Waals surface area contributed by atoms with Gasteiger partial charge in [0.1, 0.15) is 5.01 Å². The van der Waals surface area contributed by atoms with Gasteiger partial charge in [0.2, 0.25) is 5.13 Å². The van der Waals surface area contributed by atoms with Crippen LogP contribution in [0.15, 0.2) is 30.3 Å². The van der Waals surface area contributed by atoms with E-state index >= 15 is 0 Å². The summed E-state index contributed by atoms with van der Waals surface area (Å²) in [5.41, 5.74) is 1.13. The molecule has 0 spiro atoms. The fraction of sp³-hybridized carbons (Fsp3) is 0.438. The van der Waals surface area contributed by atoms with E-state index in [4.69, 9.17) is 0 Å². The molecule has 0 aliphatic heterocycles. The van der Waals surface area contributed by atoms with Crippen molar-refractivity contribution >= 4 is 22.5 Å². The summed E-state index contributed by atoms with van der Waals surface area (Å²) in [6.45, 7) is 3.39. The maximum absolute atomic E-state index is 12.5. The SMILES string of the molecule is CCCN(Cc1ccccc1)C(=O)Nc1nnc(C2CC2)s1. The van der Waals surface area contributed by atoms with E-state index < -0.39 is 0 Å². The molecule has 0 radical (unpaired) electrons. The van der Waals surface area contributed by atoms with Crippen molar-refractivity contribution in [1.82, 2.24) is 15.1 Å². The Morgan fingerprint density at radius 2 is 2.09 bits per heavy atom. The van der Waals surface area contributed by atoms with Crippen LogP contribution in [0.3, 0.4) is 0 Å². The molecule has 0 bridgehead atoms. The molecule has 2 aromatic rings. The Labute approximate surface area is 134 Å². The number of urea groups is 1. The van der Waals surface area contributed by atoms with E-state index in [-0.39, 0.29) is 6.03 Å². The molecule has 1 aliphatic carbocycles. The average molecular weight is 316 g/mol. The van der Waals surface area contributed by atoms with Crippen molar-refractivity contribution in [3.05, 3.63) is 40.9 Å². The fourth-order valence-electron chi connectivity index (χ4n) is 2.28. The van der Waals surface area contributed by atoms with Gasteiger partial charge >= 0.3 is 6.03 Å². The fourth-order valence-corrected chi connectivity index (χ4v) is 3.18. The van der Waals surface area contributed by atoms with E-state index in [2.05, 4.69) is 22.4 Å². The number of nitrogens with one attached hydrogen (secondary N) is 1. The Bertz CT molecular complexity index is 624. The van der Waals surface area contributed by atoms with Crippen LogP contribution in [0.1, 0.15) is 42.7 Å². The second kappa shape index (κ2) is 6.87. The number of hydrogen-bond acceptors (Lipinski definition) is 4. The van der Waals surface area contributed by atoms with Crippen molar-refractivity contribution in [1.29, 1.82) is 0 Å². The van der Waals surface area contributed by atoms with Crippen molar-refractivity contribution < 1.29 is 4.79 Å². The standard InChI is InChI=1S/C16H20N4OS/c1-2-10-20(11-12-6-4-3-5-7-12)16(21)17-15-19-18-14(22-15)13-8-9-13/h3-7,13H,2,8-11H2,1H3,(H,17,19,21). The van der Waals surface area contributed by atoms with E-state index in [1.54, 1.807) is 0 Å². The first-order chi connectivity index (χ1) is 10.8. The van der Waals surface area contributed by atoms with Crippen LogP contribution in [0.4, 0.5) is 9.93 Å². The predicted octanol–water partition coefficient (Wildman–Crippen LogP) is 3.86. The molecule has 116 valence electrons. The van der Waals surface area contributed by atoms with Crippen LogP contribution in [-0.4, -0.2) is 27.7 Å². The monoisotopic (exact) mass is 316 g/mol. The second-order valence-electron chi connectivity index (χ2n) is 5.56. The highest BCUT2D eigenvalue weighted by Gasteiger charge is 2.28. The minimum Gasteiger partial charge on any atom is -0.320 e. The summed E-state index contributed by atoms with van der Waals surface area (Å²) in [5.74, 6) is 0.569. The van der Waals surface area contributed by atoms with E-state index in [0.717, 1.165) is 23.5 Å². The van der Waals surface area contributed by atoms with Gasteiger partial charge in [0.15, 0.2) is 0 Å². The Kier molecular flexibility index (Phi) is 4.68. The summed E-state index contributed by atoms with van der Waals surface area (Å²) in [7, 11) is 0. The summed E-state index contributed by atoms with van der Waals surface area (Å²) in [6.07, 6.45) is 3.31. The smallest absolute Gasteiger partial charge is 0.320 e. The zero-order chi connectivity index (χ0) is 15.4. The van der Waals surface area contributed by atoms with Crippen molar-refractivity contribution in [2.75, 3.05) is 11.9 Å². The zero-order valence-electron chi connectivity index (χ0n) is 12.7. The number of rotatable bonds is 6. The molecule has 0 atom stereocenters. The highest BCUT2D eigenvalue weighted by atomic mass is 32.1. The Hall–Kier alpha value is -1.95. The molecule has 1 aromatic heterocycles. The van der Waals surface area contributed by atoms with Gasteiger partial charge in [-0.05, 0) is 24.8 Å².